The topological polar surface area (TPSA) is 81.4 Å². The lowest BCUT2D eigenvalue weighted by molar-refractivity contribution is 0.102. The molecule has 0 aliphatic rings. The Kier molecular flexibility index (Phi) is 4.79. The van der Waals surface area contributed by atoms with Crippen LogP contribution < -0.4 is 10.1 Å². The van der Waals surface area contributed by atoms with Crippen molar-refractivity contribution in [3.05, 3.63) is 57.4 Å². The van der Waals surface area contributed by atoms with Crippen molar-refractivity contribution in [2.75, 3.05) is 12.4 Å². The third-order valence-corrected chi connectivity index (χ3v) is 5.55. The van der Waals surface area contributed by atoms with Gasteiger partial charge in [-0.05, 0) is 65.9 Å². The first kappa shape index (κ1) is 17.9. The summed E-state index contributed by atoms with van der Waals surface area (Å²) in [5.74, 6) is 1.11. The van der Waals surface area contributed by atoms with E-state index in [1.165, 1.54) is 11.3 Å². The molecule has 0 bridgehead atoms. The van der Waals surface area contributed by atoms with Gasteiger partial charge in [-0.2, -0.15) is 9.61 Å². The number of fused-ring (bicyclic) bond motifs is 1. The SMILES string of the molecule is COc1ccc(-c2nn3c(C)nnc3s2)cc1NC(=O)c1cccc(I)c1. The van der Waals surface area contributed by atoms with Crippen molar-refractivity contribution in [2.24, 2.45) is 0 Å². The molecule has 0 atom stereocenters. The number of rotatable bonds is 4. The van der Waals surface area contributed by atoms with Crippen LogP contribution in [-0.2, 0) is 0 Å². The summed E-state index contributed by atoms with van der Waals surface area (Å²) in [5, 5.41) is 16.3. The maximum atomic E-state index is 12.6. The molecule has 0 aliphatic heterocycles. The zero-order valence-electron chi connectivity index (χ0n) is 14.4. The molecule has 2 heterocycles. The van der Waals surface area contributed by atoms with Gasteiger partial charge < -0.3 is 10.1 Å². The Balaban J connectivity index is 1.69. The molecule has 0 saturated carbocycles. The molecule has 0 unspecified atom stereocenters. The van der Waals surface area contributed by atoms with E-state index in [-0.39, 0.29) is 5.91 Å². The fraction of sp³-hybridized carbons (Fsp3) is 0.111. The Bertz CT molecular complexity index is 1150. The van der Waals surface area contributed by atoms with Crippen molar-refractivity contribution < 1.29 is 9.53 Å². The molecule has 0 spiro atoms. The van der Waals surface area contributed by atoms with Crippen LogP contribution in [0, 0.1) is 10.5 Å². The quantitative estimate of drug-likeness (QED) is 0.436. The van der Waals surface area contributed by atoms with Crippen molar-refractivity contribution in [1.82, 2.24) is 19.8 Å². The number of nitrogens with zero attached hydrogens (tertiary/aromatic N) is 4. The number of hydrogen-bond donors (Lipinski definition) is 1. The minimum atomic E-state index is -0.196. The van der Waals surface area contributed by atoms with E-state index in [9.17, 15) is 4.79 Å². The van der Waals surface area contributed by atoms with Gasteiger partial charge in [0.2, 0.25) is 4.96 Å². The summed E-state index contributed by atoms with van der Waals surface area (Å²) in [6, 6.07) is 13.0. The van der Waals surface area contributed by atoms with Crippen LogP contribution in [0.4, 0.5) is 5.69 Å². The molecule has 136 valence electrons. The maximum Gasteiger partial charge on any atom is 0.255 e. The van der Waals surface area contributed by atoms with E-state index < -0.39 is 0 Å². The third kappa shape index (κ3) is 3.52. The number of halogens is 1. The monoisotopic (exact) mass is 491 g/mol. The first-order valence-electron chi connectivity index (χ1n) is 7.99. The number of aromatic nitrogens is 4. The van der Waals surface area contributed by atoms with E-state index in [4.69, 9.17) is 4.74 Å². The highest BCUT2D eigenvalue weighted by Crippen LogP contribution is 2.33. The number of ether oxygens (including phenoxy) is 1. The standard InChI is InChI=1S/C18H14IN5O2S/c1-10-21-22-18-24(10)23-17(27-18)12-6-7-15(26-2)14(9-12)20-16(25)11-4-3-5-13(19)8-11/h3-9H,1-2H3,(H,20,25). The number of nitrogens with one attached hydrogen (secondary N) is 1. The van der Waals surface area contributed by atoms with Gasteiger partial charge in [-0.25, -0.2) is 0 Å². The predicted molar refractivity (Wildman–Crippen MR) is 112 cm³/mol. The highest BCUT2D eigenvalue weighted by atomic mass is 127. The van der Waals surface area contributed by atoms with E-state index in [0.717, 1.165) is 24.9 Å². The smallest absolute Gasteiger partial charge is 0.255 e. The van der Waals surface area contributed by atoms with Gasteiger partial charge >= 0.3 is 0 Å². The summed E-state index contributed by atoms with van der Waals surface area (Å²) in [5.41, 5.74) is 2.04. The van der Waals surface area contributed by atoms with Crippen LogP contribution in [0.1, 0.15) is 16.2 Å². The first-order chi connectivity index (χ1) is 13.0. The van der Waals surface area contributed by atoms with Crippen LogP contribution in [0.15, 0.2) is 42.5 Å². The van der Waals surface area contributed by atoms with E-state index in [1.54, 1.807) is 17.7 Å². The number of aryl methyl sites for hydroxylation is 1. The summed E-state index contributed by atoms with van der Waals surface area (Å²) >= 11 is 3.61. The predicted octanol–water partition coefficient (Wildman–Crippen LogP) is 4.03. The lowest BCUT2D eigenvalue weighted by atomic mass is 10.1. The fourth-order valence-electron chi connectivity index (χ4n) is 2.59. The minimum absolute atomic E-state index is 0.196. The zero-order chi connectivity index (χ0) is 19.0. The molecular weight excluding hydrogens is 477 g/mol. The summed E-state index contributed by atoms with van der Waals surface area (Å²) in [4.78, 5) is 13.3. The number of methoxy groups -OCH3 is 1. The summed E-state index contributed by atoms with van der Waals surface area (Å²) < 4.78 is 8.10. The number of benzene rings is 2. The van der Waals surface area contributed by atoms with Gasteiger partial charge in [0.05, 0.1) is 12.8 Å². The van der Waals surface area contributed by atoms with Gasteiger partial charge in [-0.1, -0.05) is 17.4 Å². The molecule has 7 nitrogen and oxygen atoms in total. The molecule has 27 heavy (non-hydrogen) atoms. The van der Waals surface area contributed by atoms with Crippen molar-refractivity contribution in [3.63, 3.8) is 0 Å². The number of anilines is 1. The number of carbonyl (C=O) groups excluding carboxylic acids is 1. The number of amides is 1. The van der Waals surface area contributed by atoms with Crippen LogP contribution in [0.5, 0.6) is 5.75 Å². The molecule has 0 aliphatic carbocycles. The Morgan fingerprint density at radius 2 is 2.07 bits per heavy atom. The van der Waals surface area contributed by atoms with Crippen LogP contribution in [0.25, 0.3) is 15.5 Å². The highest BCUT2D eigenvalue weighted by Gasteiger charge is 2.15. The van der Waals surface area contributed by atoms with Gasteiger partial charge in [-0.15, -0.1) is 10.2 Å². The summed E-state index contributed by atoms with van der Waals surface area (Å²) in [6.45, 7) is 1.85. The van der Waals surface area contributed by atoms with Crippen LogP contribution in [-0.4, -0.2) is 32.8 Å². The van der Waals surface area contributed by atoms with Crippen molar-refractivity contribution >= 4 is 50.5 Å². The van der Waals surface area contributed by atoms with Crippen molar-refractivity contribution in [1.29, 1.82) is 0 Å². The average Bonchev–Trinajstić information content (AvgIpc) is 3.24. The van der Waals surface area contributed by atoms with Gasteiger partial charge in [-0.3, -0.25) is 4.79 Å². The molecule has 1 N–H and O–H groups in total. The molecular formula is C18H14IN5O2S. The zero-order valence-corrected chi connectivity index (χ0v) is 17.4. The Morgan fingerprint density at radius 1 is 1.22 bits per heavy atom. The Morgan fingerprint density at radius 3 is 2.81 bits per heavy atom. The maximum absolute atomic E-state index is 12.6. The molecule has 2 aromatic heterocycles. The second-order valence-corrected chi connectivity index (χ2v) is 7.93. The molecule has 1 amide bonds. The molecule has 0 fully saturated rings. The van der Waals surface area contributed by atoms with E-state index in [0.29, 0.717) is 17.0 Å². The minimum Gasteiger partial charge on any atom is -0.495 e. The second kappa shape index (κ2) is 7.24. The second-order valence-electron chi connectivity index (χ2n) is 5.73. The van der Waals surface area contributed by atoms with Gasteiger partial charge in [0.25, 0.3) is 5.91 Å². The summed E-state index contributed by atoms with van der Waals surface area (Å²) in [6.07, 6.45) is 0. The number of carbonyl (C=O) groups is 1. The lowest BCUT2D eigenvalue weighted by Crippen LogP contribution is -2.12. The Labute approximate surface area is 172 Å². The fourth-order valence-corrected chi connectivity index (χ4v) is 4.02. The van der Waals surface area contributed by atoms with E-state index in [2.05, 4.69) is 43.2 Å². The van der Waals surface area contributed by atoms with Gasteiger partial charge in [0.1, 0.15) is 10.8 Å². The van der Waals surface area contributed by atoms with E-state index >= 15 is 0 Å². The average molecular weight is 491 g/mol. The van der Waals surface area contributed by atoms with Crippen LogP contribution >= 0.6 is 33.9 Å². The van der Waals surface area contributed by atoms with Crippen molar-refractivity contribution in [3.8, 4) is 16.3 Å². The van der Waals surface area contributed by atoms with Crippen molar-refractivity contribution in [2.45, 2.75) is 6.92 Å². The molecule has 9 heteroatoms. The van der Waals surface area contributed by atoms with Crippen LogP contribution in [0.2, 0.25) is 0 Å². The molecule has 2 aromatic carbocycles. The summed E-state index contributed by atoms with van der Waals surface area (Å²) in [7, 11) is 1.57. The van der Waals surface area contributed by atoms with Crippen LogP contribution in [0.3, 0.4) is 0 Å². The third-order valence-electron chi connectivity index (χ3n) is 3.93. The Hall–Kier alpha value is -2.53. The molecule has 0 radical (unpaired) electrons. The normalized spacial score (nSPS) is 10.9. The lowest BCUT2D eigenvalue weighted by Gasteiger charge is -2.11. The molecule has 4 rings (SSSR count). The largest absolute Gasteiger partial charge is 0.495 e. The highest BCUT2D eigenvalue weighted by molar-refractivity contribution is 14.1. The van der Waals surface area contributed by atoms with Gasteiger partial charge in [0.15, 0.2) is 5.82 Å². The van der Waals surface area contributed by atoms with E-state index in [1.807, 2.05) is 43.3 Å². The first-order valence-corrected chi connectivity index (χ1v) is 9.89. The van der Waals surface area contributed by atoms with Gasteiger partial charge in [0, 0.05) is 14.7 Å². The molecule has 0 saturated heterocycles. The number of hydrogen-bond acceptors (Lipinski definition) is 6. The molecule has 4 aromatic rings.